The molecule has 2 heterocycles. The Morgan fingerprint density at radius 3 is 1.51 bits per heavy atom. The molecule has 0 N–H and O–H groups in total. The predicted octanol–water partition coefficient (Wildman–Crippen LogP) is 6.32. The van der Waals surface area contributed by atoms with E-state index in [0.717, 1.165) is 22.3 Å². The summed E-state index contributed by atoms with van der Waals surface area (Å²) in [5, 5.41) is 0. The van der Waals surface area contributed by atoms with Crippen molar-refractivity contribution in [1.29, 1.82) is 0 Å². The van der Waals surface area contributed by atoms with Gasteiger partial charge in [-0.15, -0.1) is 0 Å². The normalized spacial score (nSPS) is 19.5. The van der Waals surface area contributed by atoms with Gasteiger partial charge in [0.1, 0.15) is 5.75 Å². The maximum absolute atomic E-state index is 7.08. The van der Waals surface area contributed by atoms with Crippen molar-refractivity contribution < 1.29 is 14.0 Å². The summed E-state index contributed by atoms with van der Waals surface area (Å²) >= 11 is 0. The first-order valence-electron chi connectivity index (χ1n) is 12.3. The minimum atomic E-state index is -0.678. The van der Waals surface area contributed by atoms with Crippen molar-refractivity contribution in [3.05, 3.63) is 108 Å². The van der Waals surface area contributed by atoms with E-state index in [1.54, 1.807) is 0 Å². The highest BCUT2D eigenvalue weighted by molar-refractivity contribution is 6.62. The monoisotopic (exact) mass is 458 g/mol. The molecule has 1 spiro atoms. The van der Waals surface area contributed by atoms with Gasteiger partial charge in [0.25, 0.3) is 0 Å². The fraction of sp³-hybridized carbons (Fsp3) is 0.226. The summed E-state index contributed by atoms with van der Waals surface area (Å²) in [4.78, 5) is 0. The van der Waals surface area contributed by atoms with Gasteiger partial charge in [-0.05, 0) is 55.9 Å². The van der Waals surface area contributed by atoms with Crippen LogP contribution in [0.15, 0.2) is 91.0 Å². The molecule has 7 rings (SSSR count). The lowest BCUT2D eigenvalue weighted by atomic mass is 9.74. The number of ether oxygens (including phenoxy) is 1. The van der Waals surface area contributed by atoms with Gasteiger partial charge in [0.2, 0.25) is 0 Å². The lowest BCUT2D eigenvalue weighted by molar-refractivity contribution is 0.00578. The van der Waals surface area contributed by atoms with E-state index in [0.29, 0.717) is 0 Å². The minimum absolute atomic E-state index is 0.386. The molecule has 1 aliphatic carbocycles. The van der Waals surface area contributed by atoms with Crippen LogP contribution in [0.25, 0.3) is 22.3 Å². The molecule has 4 aromatic carbocycles. The van der Waals surface area contributed by atoms with E-state index in [-0.39, 0.29) is 11.2 Å². The maximum Gasteiger partial charge on any atom is 0.494 e. The third-order valence-corrected chi connectivity index (χ3v) is 8.29. The Hall–Kier alpha value is -3.34. The second kappa shape index (κ2) is 6.87. The van der Waals surface area contributed by atoms with Crippen LogP contribution in [0.4, 0.5) is 0 Å². The van der Waals surface area contributed by atoms with Gasteiger partial charge in [-0.25, -0.2) is 0 Å². The van der Waals surface area contributed by atoms with Crippen LogP contribution in [0.1, 0.15) is 44.4 Å². The first-order chi connectivity index (χ1) is 16.8. The van der Waals surface area contributed by atoms with Crippen molar-refractivity contribution in [2.45, 2.75) is 44.5 Å². The number of benzene rings is 4. The molecule has 0 saturated carbocycles. The molecule has 0 bridgehead atoms. The quantitative estimate of drug-likeness (QED) is 0.313. The Kier molecular flexibility index (Phi) is 4.12. The molecule has 1 saturated heterocycles. The third-order valence-electron chi connectivity index (χ3n) is 8.29. The molecular weight excluding hydrogens is 431 g/mol. The topological polar surface area (TPSA) is 27.7 Å². The largest absolute Gasteiger partial charge is 0.494 e. The molecule has 3 nitrogen and oxygen atoms in total. The molecule has 4 aromatic rings. The summed E-state index contributed by atoms with van der Waals surface area (Å²) in [5.74, 6) is 0.871. The highest BCUT2D eigenvalue weighted by Gasteiger charge is 2.53. The molecule has 4 heteroatoms. The number of hydrogen-bond acceptors (Lipinski definition) is 3. The highest BCUT2D eigenvalue weighted by Crippen LogP contribution is 2.58. The van der Waals surface area contributed by atoms with Gasteiger partial charge >= 0.3 is 7.12 Å². The van der Waals surface area contributed by atoms with Crippen molar-refractivity contribution in [3.63, 3.8) is 0 Å². The Morgan fingerprint density at radius 1 is 0.543 bits per heavy atom. The Labute approximate surface area is 206 Å². The molecule has 0 aromatic heterocycles. The van der Waals surface area contributed by atoms with Crippen LogP contribution >= 0.6 is 0 Å². The Bertz CT molecular complexity index is 1440. The smallest absolute Gasteiger partial charge is 0.472 e. The molecule has 172 valence electrons. The third kappa shape index (κ3) is 2.70. The van der Waals surface area contributed by atoms with Crippen LogP contribution < -0.4 is 10.2 Å². The van der Waals surface area contributed by atoms with E-state index < -0.39 is 12.7 Å². The lowest BCUT2D eigenvalue weighted by Gasteiger charge is -2.39. The van der Waals surface area contributed by atoms with Gasteiger partial charge in [0.15, 0.2) is 5.60 Å². The van der Waals surface area contributed by atoms with E-state index in [9.17, 15) is 0 Å². The Balaban J connectivity index is 1.43. The zero-order valence-electron chi connectivity index (χ0n) is 20.5. The van der Waals surface area contributed by atoms with Gasteiger partial charge in [0, 0.05) is 22.3 Å². The zero-order chi connectivity index (χ0) is 24.0. The highest BCUT2D eigenvalue weighted by atomic mass is 16.7. The second-order valence-electron chi connectivity index (χ2n) is 10.8. The first kappa shape index (κ1) is 21.0. The van der Waals surface area contributed by atoms with Crippen LogP contribution in [0, 0.1) is 0 Å². The molecule has 0 atom stereocenters. The van der Waals surface area contributed by atoms with E-state index in [1.165, 1.54) is 27.8 Å². The maximum atomic E-state index is 7.08. The predicted molar refractivity (Wildman–Crippen MR) is 140 cm³/mol. The first-order valence-corrected chi connectivity index (χ1v) is 12.3. The fourth-order valence-electron chi connectivity index (χ4n) is 5.81. The molecule has 1 fully saturated rings. The summed E-state index contributed by atoms with van der Waals surface area (Å²) < 4.78 is 19.8. The van der Waals surface area contributed by atoms with Gasteiger partial charge in [-0.1, -0.05) is 84.9 Å². The van der Waals surface area contributed by atoms with E-state index in [1.807, 2.05) is 0 Å². The minimum Gasteiger partial charge on any atom is -0.472 e. The molecule has 0 unspecified atom stereocenters. The standard InChI is InChI=1S/C31H27BO3/c1-29(2)30(3,4)35-32(34-29)20-17-18-28-24(19-20)23-13-7-10-16-27(23)31(33-28)25-14-8-5-11-21(25)22-12-6-9-15-26(22)31/h5-19H,1-4H3. The number of fused-ring (bicyclic) bond motifs is 9. The van der Waals surface area contributed by atoms with Crippen molar-refractivity contribution in [2.75, 3.05) is 0 Å². The number of rotatable bonds is 1. The van der Waals surface area contributed by atoms with E-state index in [2.05, 4.69) is 119 Å². The van der Waals surface area contributed by atoms with Crippen LogP contribution in [-0.4, -0.2) is 18.3 Å². The number of hydrogen-bond donors (Lipinski definition) is 0. The summed E-state index contributed by atoms with van der Waals surface area (Å²) in [5.41, 5.74) is 7.81. The van der Waals surface area contributed by atoms with E-state index >= 15 is 0 Å². The zero-order valence-corrected chi connectivity index (χ0v) is 20.5. The molecule has 0 amide bonds. The molecule has 2 aliphatic heterocycles. The van der Waals surface area contributed by atoms with Crippen molar-refractivity contribution in [3.8, 4) is 28.0 Å². The van der Waals surface area contributed by atoms with Crippen molar-refractivity contribution in [1.82, 2.24) is 0 Å². The molecular formula is C31H27BO3. The molecule has 3 aliphatic rings. The average Bonchev–Trinajstić information content (AvgIpc) is 3.26. The average molecular weight is 458 g/mol. The lowest BCUT2D eigenvalue weighted by Crippen LogP contribution is -2.41. The summed E-state index contributed by atoms with van der Waals surface area (Å²) in [6.45, 7) is 8.34. The molecule has 35 heavy (non-hydrogen) atoms. The summed E-state index contributed by atoms with van der Waals surface area (Å²) in [6, 6.07) is 32.2. The van der Waals surface area contributed by atoms with Crippen LogP contribution in [0.5, 0.6) is 5.75 Å². The van der Waals surface area contributed by atoms with Crippen molar-refractivity contribution in [2.24, 2.45) is 0 Å². The van der Waals surface area contributed by atoms with Crippen LogP contribution in [0.3, 0.4) is 0 Å². The van der Waals surface area contributed by atoms with Gasteiger partial charge in [0.05, 0.1) is 11.2 Å². The van der Waals surface area contributed by atoms with E-state index in [4.69, 9.17) is 14.0 Å². The molecule has 0 radical (unpaired) electrons. The van der Waals surface area contributed by atoms with Gasteiger partial charge in [-0.2, -0.15) is 0 Å². The van der Waals surface area contributed by atoms with Crippen molar-refractivity contribution >= 4 is 12.6 Å². The van der Waals surface area contributed by atoms with Gasteiger partial charge in [-0.3, -0.25) is 0 Å². The summed E-state index contributed by atoms with van der Waals surface area (Å²) in [6.07, 6.45) is 0. The van der Waals surface area contributed by atoms with Crippen LogP contribution in [0.2, 0.25) is 0 Å². The van der Waals surface area contributed by atoms with Gasteiger partial charge < -0.3 is 14.0 Å². The second-order valence-corrected chi connectivity index (χ2v) is 10.8. The fourth-order valence-corrected chi connectivity index (χ4v) is 5.81. The van der Waals surface area contributed by atoms with Crippen LogP contribution in [-0.2, 0) is 14.9 Å². The Morgan fingerprint density at radius 2 is 1.00 bits per heavy atom. The SMILES string of the molecule is CC1(C)OB(c2ccc3c(c2)-c2ccccc2C2(O3)c3ccccc3-c3ccccc32)OC1(C)C. The summed E-state index contributed by atoms with van der Waals surface area (Å²) in [7, 11) is -0.415.